The molecule has 0 N–H and O–H groups in total. The van der Waals surface area contributed by atoms with E-state index in [0.29, 0.717) is 12.8 Å². The second-order valence-electron chi connectivity index (χ2n) is 4.39. The molecule has 1 aliphatic heterocycles. The van der Waals surface area contributed by atoms with Gasteiger partial charge in [-0.1, -0.05) is 6.07 Å². The smallest absolute Gasteiger partial charge is 0.356 e. The monoisotopic (exact) mass is 269 g/mol. The Balaban J connectivity index is 2.09. The van der Waals surface area contributed by atoms with Crippen LogP contribution in [0.25, 0.3) is 0 Å². The molecule has 2 rings (SSSR count). The number of methoxy groups -OCH3 is 1. The maximum atomic E-state index is 11.3. The normalized spacial score (nSPS) is 19.4. The molecule has 5 nitrogen and oxygen atoms in total. The van der Waals surface area contributed by atoms with Gasteiger partial charge in [0.05, 0.1) is 18.6 Å². The van der Waals surface area contributed by atoms with Crippen LogP contribution in [0.2, 0.25) is 0 Å². The van der Waals surface area contributed by atoms with Gasteiger partial charge < -0.3 is 4.74 Å². The summed E-state index contributed by atoms with van der Waals surface area (Å²) in [4.78, 5) is 15.3. The SMILES string of the molecule is COC(=O)c1ccc(C2CCS(=O)(=O)CC2)cn1. The lowest BCUT2D eigenvalue weighted by atomic mass is 9.95. The van der Waals surface area contributed by atoms with E-state index in [-0.39, 0.29) is 23.1 Å². The first-order valence-corrected chi connectivity index (χ1v) is 7.58. The zero-order valence-electron chi connectivity index (χ0n) is 10.1. The number of pyridine rings is 1. The van der Waals surface area contributed by atoms with Gasteiger partial charge in [0.1, 0.15) is 15.5 Å². The van der Waals surface area contributed by atoms with Gasteiger partial charge in [0.25, 0.3) is 0 Å². The number of hydrogen-bond acceptors (Lipinski definition) is 5. The number of nitrogens with zero attached hydrogens (tertiary/aromatic N) is 1. The summed E-state index contributed by atoms with van der Waals surface area (Å²) < 4.78 is 27.2. The second-order valence-corrected chi connectivity index (χ2v) is 6.70. The number of aromatic nitrogens is 1. The van der Waals surface area contributed by atoms with Crippen molar-refractivity contribution in [3.05, 3.63) is 29.6 Å². The fourth-order valence-corrected chi connectivity index (χ4v) is 3.59. The molecular formula is C12H15NO4S. The van der Waals surface area contributed by atoms with E-state index in [0.717, 1.165) is 5.56 Å². The quantitative estimate of drug-likeness (QED) is 0.753. The van der Waals surface area contributed by atoms with Crippen LogP contribution in [0, 0.1) is 0 Å². The highest BCUT2D eigenvalue weighted by Gasteiger charge is 2.25. The molecule has 1 saturated heterocycles. The van der Waals surface area contributed by atoms with Crippen molar-refractivity contribution in [3.63, 3.8) is 0 Å². The topological polar surface area (TPSA) is 73.3 Å². The van der Waals surface area contributed by atoms with Gasteiger partial charge in [-0.25, -0.2) is 18.2 Å². The van der Waals surface area contributed by atoms with Crippen molar-refractivity contribution < 1.29 is 17.9 Å². The number of esters is 1. The summed E-state index contributed by atoms with van der Waals surface area (Å²) in [6.07, 6.45) is 2.89. The Bertz CT molecular complexity index is 522. The first kappa shape index (κ1) is 13.0. The lowest BCUT2D eigenvalue weighted by molar-refractivity contribution is 0.0594. The Morgan fingerprint density at radius 2 is 2.00 bits per heavy atom. The van der Waals surface area contributed by atoms with Crippen LogP contribution in [0.15, 0.2) is 18.3 Å². The molecule has 6 heteroatoms. The number of rotatable bonds is 2. The molecule has 1 aromatic rings. The van der Waals surface area contributed by atoms with Crippen LogP contribution < -0.4 is 0 Å². The highest BCUT2D eigenvalue weighted by atomic mass is 32.2. The van der Waals surface area contributed by atoms with E-state index in [1.807, 2.05) is 6.07 Å². The average Bonchev–Trinajstić information content (AvgIpc) is 2.38. The van der Waals surface area contributed by atoms with E-state index in [4.69, 9.17) is 0 Å². The zero-order valence-corrected chi connectivity index (χ0v) is 10.9. The van der Waals surface area contributed by atoms with Gasteiger partial charge in [-0.2, -0.15) is 0 Å². The molecule has 0 saturated carbocycles. The fourth-order valence-electron chi connectivity index (χ4n) is 2.10. The number of carbonyl (C=O) groups excluding carboxylic acids is 1. The highest BCUT2D eigenvalue weighted by molar-refractivity contribution is 7.91. The molecule has 2 heterocycles. The minimum absolute atomic E-state index is 0.215. The maximum absolute atomic E-state index is 11.3. The molecule has 1 aliphatic rings. The van der Waals surface area contributed by atoms with Crippen molar-refractivity contribution in [2.45, 2.75) is 18.8 Å². The first-order chi connectivity index (χ1) is 8.52. The third kappa shape index (κ3) is 2.87. The molecule has 0 aromatic carbocycles. The largest absolute Gasteiger partial charge is 0.464 e. The molecule has 0 spiro atoms. The van der Waals surface area contributed by atoms with Crippen LogP contribution in [-0.4, -0.2) is 38.0 Å². The van der Waals surface area contributed by atoms with E-state index in [1.54, 1.807) is 12.3 Å². The van der Waals surface area contributed by atoms with Crippen LogP contribution in [0.4, 0.5) is 0 Å². The highest BCUT2D eigenvalue weighted by Crippen LogP contribution is 2.28. The lowest BCUT2D eigenvalue weighted by Crippen LogP contribution is -2.22. The molecule has 0 bridgehead atoms. The van der Waals surface area contributed by atoms with Gasteiger partial charge in [0, 0.05) is 6.20 Å². The van der Waals surface area contributed by atoms with Crippen molar-refractivity contribution >= 4 is 15.8 Å². The average molecular weight is 269 g/mol. The van der Waals surface area contributed by atoms with Crippen molar-refractivity contribution in [1.82, 2.24) is 4.98 Å². The van der Waals surface area contributed by atoms with Crippen LogP contribution in [-0.2, 0) is 14.6 Å². The van der Waals surface area contributed by atoms with Gasteiger partial charge in [-0.05, 0) is 30.4 Å². The molecule has 0 unspecified atom stereocenters. The number of carbonyl (C=O) groups is 1. The minimum atomic E-state index is -2.84. The summed E-state index contributed by atoms with van der Waals surface area (Å²) in [6.45, 7) is 0. The van der Waals surface area contributed by atoms with Crippen LogP contribution in [0.1, 0.15) is 34.8 Å². The van der Waals surface area contributed by atoms with E-state index < -0.39 is 15.8 Å². The van der Waals surface area contributed by atoms with E-state index >= 15 is 0 Å². The van der Waals surface area contributed by atoms with Crippen LogP contribution >= 0.6 is 0 Å². The second kappa shape index (κ2) is 5.06. The lowest BCUT2D eigenvalue weighted by Gasteiger charge is -2.21. The Morgan fingerprint density at radius 3 is 2.50 bits per heavy atom. The molecule has 0 aliphatic carbocycles. The molecule has 98 valence electrons. The minimum Gasteiger partial charge on any atom is -0.464 e. The molecular weight excluding hydrogens is 254 g/mol. The fraction of sp³-hybridized carbons (Fsp3) is 0.500. The first-order valence-electron chi connectivity index (χ1n) is 5.76. The number of hydrogen-bond donors (Lipinski definition) is 0. The molecule has 0 radical (unpaired) electrons. The van der Waals surface area contributed by atoms with E-state index in [2.05, 4.69) is 9.72 Å². The van der Waals surface area contributed by atoms with Gasteiger partial charge in [0.15, 0.2) is 0 Å². The Hall–Kier alpha value is -1.43. The van der Waals surface area contributed by atoms with Crippen LogP contribution in [0.3, 0.4) is 0 Å². The summed E-state index contributed by atoms with van der Waals surface area (Å²) in [7, 11) is -1.53. The predicted molar refractivity (Wildman–Crippen MR) is 66.2 cm³/mol. The molecule has 0 amide bonds. The van der Waals surface area contributed by atoms with E-state index in [9.17, 15) is 13.2 Å². The van der Waals surface area contributed by atoms with Gasteiger partial charge >= 0.3 is 5.97 Å². The summed E-state index contributed by atoms with van der Waals surface area (Å²) >= 11 is 0. The van der Waals surface area contributed by atoms with Crippen molar-refractivity contribution in [2.24, 2.45) is 0 Å². The van der Waals surface area contributed by atoms with Gasteiger partial charge in [-0.15, -0.1) is 0 Å². The summed E-state index contributed by atoms with van der Waals surface area (Å²) in [5, 5.41) is 0. The molecule has 1 fully saturated rings. The molecule has 1 aromatic heterocycles. The summed E-state index contributed by atoms with van der Waals surface area (Å²) in [5.41, 5.74) is 1.25. The van der Waals surface area contributed by atoms with Crippen molar-refractivity contribution in [3.8, 4) is 0 Å². The summed E-state index contributed by atoms with van der Waals surface area (Å²) in [5.74, 6) is 0.216. The predicted octanol–water partition coefficient (Wildman–Crippen LogP) is 1.16. The Kier molecular flexibility index (Phi) is 3.65. The molecule has 0 atom stereocenters. The third-order valence-corrected chi connectivity index (χ3v) is 4.92. The number of sulfone groups is 1. The Labute approximate surface area is 106 Å². The third-order valence-electron chi connectivity index (χ3n) is 3.21. The summed E-state index contributed by atoms with van der Waals surface area (Å²) in [6, 6.07) is 3.44. The number of ether oxygens (including phenoxy) is 1. The van der Waals surface area contributed by atoms with Gasteiger partial charge in [-0.3, -0.25) is 0 Å². The van der Waals surface area contributed by atoms with Crippen LogP contribution in [0.5, 0.6) is 0 Å². The molecule has 18 heavy (non-hydrogen) atoms. The van der Waals surface area contributed by atoms with Gasteiger partial charge in [0.2, 0.25) is 0 Å². The van der Waals surface area contributed by atoms with Crippen molar-refractivity contribution in [2.75, 3.05) is 18.6 Å². The zero-order chi connectivity index (χ0) is 13.2. The van der Waals surface area contributed by atoms with Crippen molar-refractivity contribution in [1.29, 1.82) is 0 Å². The Morgan fingerprint density at radius 1 is 1.33 bits per heavy atom. The maximum Gasteiger partial charge on any atom is 0.356 e. The van der Waals surface area contributed by atoms with E-state index in [1.165, 1.54) is 7.11 Å². The standard InChI is InChI=1S/C12H15NO4S/c1-17-12(14)11-3-2-10(8-13-11)9-4-6-18(15,16)7-5-9/h2-3,8-9H,4-7H2,1H3.